The van der Waals surface area contributed by atoms with Crippen LogP contribution >= 0.6 is 23.2 Å². The van der Waals surface area contributed by atoms with Gasteiger partial charge in [-0.15, -0.1) is 0 Å². The number of fused-ring (bicyclic) bond motifs is 1. The highest BCUT2D eigenvalue weighted by Gasteiger charge is 2.24. The van der Waals surface area contributed by atoms with Crippen molar-refractivity contribution >= 4 is 29.3 Å². The van der Waals surface area contributed by atoms with Crippen molar-refractivity contribution < 1.29 is 14.6 Å². The molecule has 6 heteroatoms. The number of carboxylic acid groups (broad SMARTS) is 1. The Labute approximate surface area is 144 Å². The topological polar surface area (TPSA) is 58.6 Å². The molecule has 3 rings (SSSR count). The van der Waals surface area contributed by atoms with E-state index in [4.69, 9.17) is 33.0 Å². The lowest BCUT2D eigenvalue weighted by molar-refractivity contribution is 0.158. The van der Waals surface area contributed by atoms with Gasteiger partial charge in [-0.05, 0) is 30.5 Å². The van der Waals surface area contributed by atoms with E-state index in [1.165, 1.54) is 0 Å². The van der Waals surface area contributed by atoms with Crippen LogP contribution < -0.4 is 10.1 Å². The maximum atomic E-state index is 10.7. The quantitative estimate of drug-likeness (QED) is 0.847. The molecule has 0 aromatic heterocycles. The zero-order valence-corrected chi connectivity index (χ0v) is 13.7. The Hall–Kier alpha value is -1.91. The molecular weight excluding hydrogens is 337 g/mol. The van der Waals surface area contributed by atoms with Crippen LogP contribution in [0.5, 0.6) is 5.75 Å². The fourth-order valence-corrected chi connectivity index (χ4v) is 3.36. The van der Waals surface area contributed by atoms with E-state index in [-0.39, 0.29) is 12.6 Å². The Morgan fingerprint density at radius 3 is 2.61 bits per heavy atom. The normalized spacial score (nSPS) is 16.3. The minimum Gasteiger partial charge on any atom is -0.488 e. The molecule has 2 aromatic rings. The highest BCUT2D eigenvalue weighted by Crippen LogP contribution is 2.43. The van der Waals surface area contributed by atoms with Gasteiger partial charge in [0.15, 0.2) is 0 Å². The van der Waals surface area contributed by atoms with Crippen LogP contribution in [0.25, 0.3) is 11.1 Å². The number of hydrogen-bond donors (Lipinski definition) is 2. The lowest BCUT2D eigenvalue weighted by Crippen LogP contribution is -2.36. The van der Waals surface area contributed by atoms with Crippen LogP contribution in [0.2, 0.25) is 10.0 Å². The number of hydrogen-bond acceptors (Lipinski definition) is 2. The number of rotatable bonds is 3. The van der Waals surface area contributed by atoms with E-state index in [0.717, 1.165) is 35.3 Å². The van der Waals surface area contributed by atoms with Gasteiger partial charge in [0.25, 0.3) is 0 Å². The number of aryl methyl sites for hydroxylation is 1. The molecule has 2 N–H and O–H groups in total. The van der Waals surface area contributed by atoms with Crippen molar-refractivity contribution in [1.29, 1.82) is 0 Å². The van der Waals surface area contributed by atoms with Gasteiger partial charge in [0.05, 0.1) is 16.6 Å². The molecule has 0 aliphatic carbocycles. The van der Waals surface area contributed by atoms with Crippen LogP contribution in [0.15, 0.2) is 36.4 Å². The van der Waals surface area contributed by atoms with E-state index in [9.17, 15) is 4.79 Å². The summed E-state index contributed by atoms with van der Waals surface area (Å²) in [7, 11) is 0. The number of ether oxygens (including phenoxy) is 1. The summed E-state index contributed by atoms with van der Waals surface area (Å²) in [6.07, 6.45) is 0.312. The summed E-state index contributed by atoms with van der Waals surface area (Å²) in [5, 5.41) is 12.2. The Balaban J connectivity index is 1.97. The molecule has 23 heavy (non-hydrogen) atoms. The molecule has 0 fully saturated rings. The predicted molar refractivity (Wildman–Crippen MR) is 90.7 cm³/mol. The Morgan fingerprint density at radius 2 is 1.91 bits per heavy atom. The molecular formula is C17H15Cl2NO3. The molecule has 0 saturated carbocycles. The number of amides is 1. The number of para-hydroxylation sites is 1. The molecule has 1 aliphatic heterocycles. The van der Waals surface area contributed by atoms with Crippen LogP contribution in [0, 0.1) is 0 Å². The standard InChI is InChI=1S/C17H15Cl2NO3/c18-13-5-2-6-14(19)15(13)12-4-1-3-10-7-8-11(23-16(10)12)9-20-17(21)22/h1-6,11,20H,7-9H2,(H,21,22). The lowest BCUT2D eigenvalue weighted by atomic mass is 9.95. The van der Waals surface area contributed by atoms with Gasteiger partial charge in [0.1, 0.15) is 11.9 Å². The number of nitrogens with one attached hydrogen (secondary N) is 1. The second-order valence-corrected chi connectivity index (χ2v) is 6.17. The second kappa shape index (κ2) is 6.69. The number of halogens is 2. The van der Waals surface area contributed by atoms with E-state index in [0.29, 0.717) is 10.0 Å². The van der Waals surface area contributed by atoms with E-state index in [2.05, 4.69) is 5.32 Å². The van der Waals surface area contributed by atoms with Gasteiger partial charge in [-0.2, -0.15) is 0 Å². The average molecular weight is 352 g/mol. The van der Waals surface area contributed by atoms with Crippen molar-refractivity contribution in [1.82, 2.24) is 5.32 Å². The molecule has 0 spiro atoms. The maximum absolute atomic E-state index is 10.7. The van der Waals surface area contributed by atoms with Gasteiger partial charge in [-0.1, -0.05) is 47.5 Å². The molecule has 0 saturated heterocycles. The zero-order chi connectivity index (χ0) is 16.4. The van der Waals surface area contributed by atoms with Crippen molar-refractivity contribution in [3.63, 3.8) is 0 Å². The van der Waals surface area contributed by atoms with E-state index >= 15 is 0 Å². The Morgan fingerprint density at radius 1 is 1.22 bits per heavy atom. The van der Waals surface area contributed by atoms with Crippen LogP contribution in [-0.2, 0) is 6.42 Å². The third-order valence-corrected chi connectivity index (χ3v) is 4.46. The summed E-state index contributed by atoms with van der Waals surface area (Å²) in [6.45, 7) is 0.249. The molecule has 1 atom stereocenters. The first-order valence-corrected chi connectivity index (χ1v) is 8.01. The lowest BCUT2D eigenvalue weighted by Gasteiger charge is -2.28. The SMILES string of the molecule is O=C(O)NCC1CCc2cccc(-c3c(Cl)cccc3Cl)c2O1. The first kappa shape index (κ1) is 16.0. The largest absolute Gasteiger partial charge is 0.488 e. The smallest absolute Gasteiger partial charge is 0.404 e. The van der Waals surface area contributed by atoms with Gasteiger partial charge in [-0.3, -0.25) is 0 Å². The summed E-state index contributed by atoms with van der Waals surface area (Å²) in [5.74, 6) is 0.728. The highest BCUT2D eigenvalue weighted by atomic mass is 35.5. The van der Waals surface area contributed by atoms with Gasteiger partial charge in [0, 0.05) is 11.1 Å². The summed E-state index contributed by atoms with van der Waals surface area (Å²) in [5.41, 5.74) is 2.64. The van der Waals surface area contributed by atoms with Crippen LogP contribution in [0.4, 0.5) is 4.79 Å². The summed E-state index contributed by atoms with van der Waals surface area (Å²) >= 11 is 12.6. The minimum atomic E-state index is -1.05. The first-order chi connectivity index (χ1) is 11.1. The van der Waals surface area contributed by atoms with Crippen LogP contribution in [0.3, 0.4) is 0 Å². The van der Waals surface area contributed by atoms with Gasteiger partial charge in [0.2, 0.25) is 0 Å². The molecule has 1 amide bonds. The molecule has 120 valence electrons. The van der Waals surface area contributed by atoms with E-state index < -0.39 is 6.09 Å². The van der Waals surface area contributed by atoms with Crippen LogP contribution in [0.1, 0.15) is 12.0 Å². The summed E-state index contributed by atoms with van der Waals surface area (Å²) in [4.78, 5) is 10.7. The molecule has 1 aliphatic rings. The van der Waals surface area contributed by atoms with Crippen molar-refractivity contribution in [3.05, 3.63) is 52.0 Å². The van der Waals surface area contributed by atoms with Crippen molar-refractivity contribution in [3.8, 4) is 16.9 Å². The summed E-state index contributed by atoms with van der Waals surface area (Å²) in [6, 6.07) is 11.2. The molecule has 1 unspecified atom stereocenters. The fraction of sp³-hybridized carbons (Fsp3) is 0.235. The molecule has 0 radical (unpaired) electrons. The van der Waals surface area contributed by atoms with Gasteiger partial charge < -0.3 is 15.2 Å². The van der Waals surface area contributed by atoms with Crippen molar-refractivity contribution in [2.45, 2.75) is 18.9 Å². The third-order valence-electron chi connectivity index (χ3n) is 3.83. The summed E-state index contributed by atoms with van der Waals surface area (Å²) < 4.78 is 6.03. The highest BCUT2D eigenvalue weighted by molar-refractivity contribution is 6.39. The van der Waals surface area contributed by atoms with Gasteiger partial charge in [-0.25, -0.2) is 4.79 Å². The molecule has 2 aromatic carbocycles. The molecule has 0 bridgehead atoms. The Bertz CT molecular complexity index is 728. The Kier molecular flexibility index (Phi) is 4.64. The average Bonchev–Trinajstić information content (AvgIpc) is 2.53. The number of benzene rings is 2. The molecule has 4 nitrogen and oxygen atoms in total. The van der Waals surface area contributed by atoms with Gasteiger partial charge >= 0.3 is 6.09 Å². The third kappa shape index (κ3) is 3.38. The van der Waals surface area contributed by atoms with Crippen molar-refractivity contribution in [2.24, 2.45) is 0 Å². The second-order valence-electron chi connectivity index (χ2n) is 5.36. The zero-order valence-electron chi connectivity index (χ0n) is 12.2. The molecule has 1 heterocycles. The van der Waals surface area contributed by atoms with E-state index in [1.807, 2.05) is 18.2 Å². The maximum Gasteiger partial charge on any atom is 0.404 e. The van der Waals surface area contributed by atoms with Crippen molar-refractivity contribution in [2.75, 3.05) is 6.54 Å². The van der Waals surface area contributed by atoms with E-state index in [1.54, 1.807) is 18.2 Å². The van der Waals surface area contributed by atoms with Crippen LogP contribution in [-0.4, -0.2) is 23.8 Å². The monoisotopic (exact) mass is 351 g/mol. The fourth-order valence-electron chi connectivity index (χ4n) is 2.76. The first-order valence-electron chi connectivity index (χ1n) is 7.26. The number of carbonyl (C=O) groups is 1. The minimum absolute atomic E-state index is 0.207. The predicted octanol–water partition coefficient (Wildman–Crippen LogP) is 4.62.